The topological polar surface area (TPSA) is 73.6 Å². The molecule has 2 N–H and O–H groups in total. The number of nitrogens with zero attached hydrogens (tertiary/aromatic N) is 4. The zero-order chi connectivity index (χ0) is 26.4. The van der Waals surface area contributed by atoms with Crippen LogP contribution in [0.3, 0.4) is 0 Å². The molecule has 0 spiro atoms. The van der Waals surface area contributed by atoms with E-state index in [0.29, 0.717) is 11.3 Å². The zero-order valence-corrected chi connectivity index (χ0v) is 20.9. The summed E-state index contributed by atoms with van der Waals surface area (Å²) in [7, 11) is 0. The van der Waals surface area contributed by atoms with E-state index in [9.17, 15) is 18.3 Å². The lowest BCUT2D eigenvalue weighted by molar-refractivity contribution is -0.140. The van der Waals surface area contributed by atoms with Gasteiger partial charge in [0.2, 0.25) is 0 Å². The molecule has 2 aromatic rings. The maximum absolute atomic E-state index is 15.4. The molecule has 1 aromatic heterocycles. The summed E-state index contributed by atoms with van der Waals surface area (Å²) in [5.74, 6) is -1.21. The molecule has 6 nitrogen and oxygen atoms in total. The summed E-state index contributed by atoms with van der Waals surface area (Å²) in [6.45, 7) is 6.45. The highest BCUT2D eigenvalue weighted by Crippen LogP contribution is 2.44. The Morgan fingerprint density at radius 1 is 1.16 bits per heavy atom. The van der Waals surface area contributed by atoms with E-state index in [2.05, 4.69) is 27.1 Å². The second kappa shape index (κ2) is 9.89. The van der Waals surface area contributed by atoms with E-state index in [1.165, 1.54) is 18.5 Å². The van der Waals surface area contributed by atoms with Crippen molar-refractivity contribution in [2.45, 2.75) is 51.0 Å². The van der Waals surface area contributed by atoms with Crippen LogP contribution in [0.5, 0.6) is 0 Å². The summed E-state index contributed by atoms with van der Waals surface area (Å²) in [5, 5.41) is 13.3. The number of hydrogen-bond acceptors (Lipinski definition) is 6. The van der Waals surface area contributed by atoms with Gasteiger partial charge in [0, 0.05) is 42.9 Å². The number of likely N-dealkylation sites (tertiary alicyclic amines) is 1. The predicted octanol–water partition coefficient (Wildman–Crippen LogP) is 4.31. The summed E-state index contributed by atoms with van der Waals surface area (Å²) >= 11 is 0. The van der Waals surface area contributed by atoms with Crippen LogP contribution in [-0.2, 0) is 6.18 Å². The normalized spacial score (nSPS) is 27.7. The van der Waals surface area contributed by atoms with Crippen molar-refractivity contribution in [3.63, 3.8) is 0 Å². The quantitative estimate of drug-likeness (QED) is 0.579. The molecule has 37 heavy (non-hydrogen) atoms. The van der Waals surface area contributed by atoms with E-state index >= 15 is 4.39 Å². The summed E-state index contributed by atoms with van der Waals surface area (Å²) in [5.41, 5.74) is 0.532. The van der Waals surface area contributed by atoms with Gasteiger partial charge in [-0.3, -0.25) is 15.2 Å². The lowest BCUT2D eigenvalue weighted by atomic mass is 9.73. The summed E-state index contributed by atoms with van der Waals surface area (Å²) in [4.78, 5) is 15.5. The van der Waals surface area contributed by atoms with E-state index in [-0.39, 0.29) is 41.4 Å². The van der Waals surface area contributed by atoms with Gasteiger partial charge in [-0.15, -0.1) is 0 Å². The van der Waals surface area contributed by atoms with Gasteiger partial charge < -0.3 is 5.11 Å². The molecular formula is C27H31F4N5O. The van der Waals surface area contributed by atoms with Gasteiger partial charge in [0.05, 0.1) is 35.3 Å². The Morgan fingerprint density at radius 3 is 2.46 bits per heavy atom. The van der Waals surface area contributed by atoms with Crippen molar-refractivity contribution in [2.24, 2.45) is 16.8 Å². The molecule has 198 valence electrons. The van der Waals surface area contributed by atoms with Crippen molar-refractivity contribution in [3.8, 4) is 0 Å². The van der Waals surface area contributed by atoms with Gasteiger partial charge in [0.1, 0.15) is 12.1 Å². The van der Waals surface area contributed by atoms with Crippen molar-refractivity contribution < 1.29 is 22.7 Å². The van der Waals surface area contributed by atoms with E-state index < -0.39 is 17.6 Å². The van der Waals surface area contributed by atoms with Crippen LogP contribution in [0.1, 0.15) is 49.9 Å². The molecule has 3 aliphatic rings. The van der Waals surface area contributed by atoms with E-state index in [1.54, 1.807) is 12.3 Å². The Morgan fingerprint density at radius 2 is 1.89 bits per heavy atom. The third-order valence-corrected chi connectivity index (χ3v) is 8.26. The van der Waals surface area contributed by atoms with Crippen molar-refractivity contribution in [3.05, 3.63) is 65.0 Å². The molecule has 2 unspecified atom stereocenters. The number of aliphatic imine (C=N–C) groups is 1. The molecule has 3 atom stereocenters. The van der Waals surface area contributed by atoms with Crippen molar-refractivity contribution in [1.82, 2.24) is 20.2 Å². The number of aromatic nitrogens is 2. The molecule has 10 heteroatoms. The van der Waals surface area contributed by atoms with Crippen LogP contribution < -0.4 is 5.32 Å². The summed E-state index contributed by atoms with van der Waals surface area (Å²) < 4.78 is 56.1. The first kappa shape index (κ1) is 25.9. The number of aliphatic hydroxyl groups excluding tert-OH is 1. The van der Waals surface area contributed by atoms with Gasteiger partial charge in [-0.25, -0.2) is 14.4 Å². The molecule has 0 amide bonds. The largest absolute Gasteiger partial charge is 0.419 e. The van der Waals surface area contributed by atoms with Crippen LogP contribution in [0.25, 0.3) is 5.57 Å². The summed E-state index contributed by atoms with van der Waals surface area (Å²) in [6.07, 6.45) is 0.652. The Hall–Kier alpha value is -2.69. The van der Waals surface area contributed by atoms with E-state index in [4.69, 9.17) is 4.99 Å². The number of dihydropyridines is 1. The first-order chi connectivity index (χ1) is 17.7. The van der Waals surface area contributed by atoms with Crippen LogP contribution in [0, 0.1) is 17.7 Å². The molecule has 4 heterocycles. The number of piperidine rings is 1. The highest BCUT2D eigenvalue weighted by molar-refractivity contribution is 6.32. The smallest absolute Gasteiger partial charge is 0.393 e. The Kier molecular flexibility index (Phi) is 6.93. The number of rotatable bonds is 5. The van der Waals surface area contributed by atoms with Gasteiger partial charge in [-0.2, -0.15) is 13.2 Å². The van der Waals surface area contributed by atoms with Crippen molar-refractivity contribution >= 4 is 11.3 Å². The number of nitrogens with one attached hydrogen (secondary N) is 1. The monoisotopic (exact) mass is 517 g/mol. The van der Waals surface area contributed by atoms with Crippen molar-refractivity contribution in [2.75, 3.05) is 26.2 Å². The van der Waals surface area contributed by atoms with Crippen LogP contribution in [-0.4, -0.2) is 63.6 Å². The van der Waals surface area contributed by atoms with E-state index in [0.717, 1.165) is 50.5 Å². The number of hydrogen-bond donors (Lipinski definition) is 2. The number of aliphatic hydroxyl groups is 1. The first-order valence-electron chi connectivity index (χ1n) is 12.7. The molecule has 2 fully saturated rings. The molecule has 1 aromatic carbocycles. The van der Waals surface area contributed by atoms with Gasteiger partial charge in [-0.05, 0) is 50.3 Å². The molecule has 5 rings (SSSR count). The number of alkyl halides is 3. The highest BCUT2D eigenvalue weighted by Gasteiger charge is 2.45. The minimum Gasteiger partial charge on any atom is -0.393 e. The molecule has 0 aliphatic carbocycles. The molecule has 0 saturated carbocycles. The molecule has 2 saturated heterocycles. The Bertz CT molecular complexity index is 1200. The molecular weight excluding hydrogens is 486 g/mol. The third kappa shape index (κ3) is 4.59. The predicted molar refractivity (Wildman–Crippen MR) is 132 cm³/mol. The first-order valence-corrected chi connectivity index (χ1v) is 12.7. The number of benzene rings is 1. The third-order valence-electron chi connectivity index (χ3n) is 8.26. The lowest BCUT2D eigenvalue weighted by Crippen LogP contribution is -2.70. The maximum Gasteiger partial charge on any atom is 0.419 e. The van der Waals surface area contributed by atoms with Crippen LogP contribution in [0.4, 0.5) is 17.6 Å². The standard InChI is InChI=1S/C27H31F4N5O/c1-16-17(2)35-25(19-4-3-5-20(24(19)28)27(29,30)31)23(21-6-10-32-15-33-21)22(16)18-7-12-36(13-8-18)26(14-37)9-11-34-26/h3-6,10,15-18,34,37H,7-9,11-14H2,1-2H3/t16-,17?,26?/m1/s1. The second-order valence-corrected chi connectivity index (χ2v) is 10.2. The van der Waals surface area contributed by atoms with Gasteiger partial charge >= 0.3 is 6.18 Å². The summed E-state index contributed by atoms with van der Waals surface area (Å²) in [6, 6.07) is 4.79. The van der Waals surface area contributed by atoms with Crippen LogP contribution in [0.15, 0.2) is 47.4 Å². The minimum atomic E-state index is -4.82. The zero-order valence-electron chi connectivity index (χ0n) is 20.9. The minimum absolute atomic E-state index is 0.00671. The fraction of sp³-hybridized carbons (Fsp3) is 0.519. The Labute approximate surface area is 213 Å². The van der Waals surface area contributed by atoms with Gasteiger partial charge in [0.25, 0.3) is 0 Å². The van der Waals surface area contributed by atoms with Gasteiger partial charge in [-0.1, -0.05) is 18.6 Å². The fourth-order valence-corrected chi connectivity index (χ4v) is 5.96. The van der Waals surface area contributed by atoms with Gasteiger partial charge in [0.15, 0.2) is 0 Å². The SMILES string of the molecule is CC1N=C(c2cccc(C(F)(F)F)c2F)C(c2ccncn2)=C(C2CCN(C3(CO)CCN3)CC2)[C@@H]1C. The second-order valence-electron chi connectivity index (χ2n) is 10.2. The lowest BCUT2D eigenvalue weighted by Gasteiger charge is -2.52. The Balaban J connectivity index is 1.60. The average Bonchev–Trinajstić information content (AvgIpc) is 2.85. The van der Waals surface area contributed by atoms with Crippen LogP contribution >= 0.6 is 0 Å². The fourth-order valence-electron chi connectivity index (χ4n) is 5.96. The number of allylic oxidation sites excluding steroid dienone is 1. The molecule has 0 radical (unpaired) electrons. The van der Waals surface area contributed by atoms with Crippen molar-refractivity contribution in [1.29, 1.82) is 0 Å². The van der Waals surface area contributed by atoms with Crippen LogP contribution in [0.2, 0.25) is 0 Å². The molecule has 3 aliphatic heterocycles. The maximum atomic E-state index is 15.4. The number of halogens is 4. The average molecular weight is 518 g/mol. The molecule has 0 bridgehead atoms. The highest BCUT2D eigenvalue weighted by atomic mass is 19.4. The van der Waals surface area contributed by atoms with E-state index in [1.807, 2.05) is 6.92 Å².